The van der Waals surface area contributed by atoms with Crippen molar-refractivity contribution in [2.75, 3.05) is 37.6 Å². The van der Waals surface area contributed by atoms with Crippen molar-refractivity contribution in [3.8, 4) is 5.69 Å². The number of aromatic nitrogens is 2. The third kappa shape index (κ3) is 5.57. The van der Waals surface area contributed by atoms with Gasteiger partial charge in [0.2, 0.25) is 5.91 Å². The van der Waals surface area contributed by atoms with E-state index in [1.54, 1.807) is 10.6 Å². The quantitative estimate of drug-likeness (QED) is 0.422. The Morgan fingerprint density at radius 2 is 1.59 bits per heavy atom. The summed E-state index contributed by atoms with van der Waals surface area (Å²) in [5.41, 5.74) is 5.13. The van der Waals surface area contributed by atoms with Gasteiger partial charge in [-0.3, -0.25) is 19.1 Å². The number of fused-ring (bicyclic) bond motifs is 1. The van der Waals surface area contributed by atoms with Crippen molar-refractivity contribution in [2.24, 2.45) is 0 Å². The molecule has 0 atom stereocenters. The predicted molar refractivity (Wildman–Crippen MR) is 148 cm³/mol. The molecule has 3 aromatic carbocycles. The smallest absolute Gasteiger partial charge is 0.266 e. The van der Waals surface area contributed by atoms with Crippen molar-refractivity contribution in [3.05, 3.63) is 100 Å². The Bertz CT molecular complexity index is 1460. The van der Waals surface area contributed by atoms with Crippen LogP contribution in [0.15, 0.2) is 77.6 Å². The molecule has 0 spiro atoms. The van der Waals surface area contributed by atoms with Crippen molar-refractivity contribution in [1.82, 2.24) is 19.8 Å². The summed E-state index contributed by atoms with van der Waals surface area (Å²) in [6.07, 6.45) is 0.410. The zero-order valence-corrected chi connectivity index (χ0v) is 21.5. The van der Waals surface area contributed by atoms with E-state index in [0.717, 1.165) is 31.9 Å². The molecule has 0 radical (unpaired) electrons. The number of nitrogens with one attached hydrogen (secondary N) is 1. The highest BCUT2D eigenvalue weighted by Gasteiger charge is 2.19. The largest absolute Gasteiger partial charge is 0.369 e. The van der Waals surface area contributed by atoms with Crippen LogP contribution in [0.2, 0.25) is 0 Å². The molecule has 37 heavy (non-hydrogen) atoms. The molecule has 1 N–H and O–H groups in total. The molecule has 1 aliphatic rings. The van der Waals surface area contributed by atoms with Crippen LogP contribution < -0.4 is 15.8 Å². The van der Waals surface area contributed by atoms with E-state index in [4.69, 9.17) is 4.98 Å². The second kappa shape index (κ2) is 11.0. The van der Waals surface area contributed by atoms with Crippen molar-refractivity contribution >= 4 is 22.5 Å². The Morgan fingerprint density at radius 3 is 2.35 bits per heavy atom. The molecule has 190 valence electrons. The molecule has 0 aliphatic carbocycles. The molecule has 5 rings (SSSR count). The van der Waals surface area contributed by atoms with Crippen molar-refractivity contribution < 1.29 is 4.79 Å². The Labute approximate surface area is 217 Å². The second-order valence-corrected chi connectivity index (χ2v) is 9.65. The van der Waals surface area contributed by atoms with E-state index in [-0.39, 0.29) is 18.0 Å². The van der Waals surface area contributed by atoms with Crippen LogP contribution in [0.5, 0.6) is 0 Å². The van der Waals surface area contributed by atoms with Crippen LogP contribution in [0.3, 0.4) is 0 Å². The Hall–Kier alpha value is -3.97. The summed E-state index contributed by atoms with van der Waals surface area (Å²) < 4.78 is 1.59. The Morgan fingerprint density at radius 1 is 0.865 bits per heavy atom. The van der Waals surface area contributed by atoms with Gasteiger partial charge in [0.1, 0.15) is 5.82 Å². The number of piperazine rings is 1. The number of carbonyl (C=O) groups excluding carboxylic acids is 1. The number of nitrogens with zero attached hydrogens (tertiary/aromatic N) is 4. The number of amides is 1. The number of hydrogen-bond acceptors (Lipinski definition) is 5. The maximum atomic E-state index is 13.3. The van der Waals surface area contributed by atoms with Crippen LogP contribution >= 0.6 is 0 Å². The summed E-state index contributed by atoms with van der Waals surface area (Å²) in [7, 11) is 0. The Kier molecular flexibility index (Phi) is 7.32. The van der Waals surface area contributed by atoms with Crippen LogP contribution in [0.25, 0.3) is 16.6 Å². The highest BCUT2D eigenvalue weighted by Crippen LogP contribution is 2.20. The minimum absolute atomic E-state index is 0.0430. The van der Waals surface area contributed by atoms with Crippen LogP contribution in [-0.4, -0.2) is 53.1 Å². The highest BCUT2D eigenvalue weighted by atomic mass is 16.1. The van der Waals surface area contributed by atoms with Gasteiger partial charge in [-0.15, -0.1) is 0 Å². The van der Waals surface area contributed by atoms with Crippen LogP contribution in [0.1, 0.15) is 23.4 Å². The lowest BCUT2D eigenvalue weighted by molar-refractivity contribution is -0.121. The number of anilines is 1. The summed E-state index contributed by atoms with van der Waals surface area (Å²) in [4.78, 5) is 35.5. The molecule has 7 heteroatoms. The average molecular weight is 496 g/mol. The van der Waals surface area contributed by atoms with Crippen molar-refractivity contribution in [2.45, 2.75) is 26.8 Å². The van der Waals surface area contributed by atoms with Gasteiger partial charge in [-0.1, -0.05) is 36.4 Å². The normalized spacial score (nSPS) is 14.2. The molecule has 0 bridgehead atoms. The molecule has 1 fully saturated rings. The monoisotopic (exact) mass is 495 g/mol. The van der Waals surface area contributed by atoms with E-state index in [9.17, 15) is 9.59 Å². The van der Waals surface area contributed by atoms with Gasteiger partial charge in [0.05, 0.1) is 23.1 Å². The van der Waals surface area contributed by atoms with E-state index >= 15 is 0 Å². The molecule has 0 saturated carbocycles. The topological polar surface area (TPSA) is 70.5 Å². The third-order valence-electron chi connectivity index (χ3n) is 7.19. The van der Waals surface area contributed by atoms with E-state index in [1.165, 1.54) is 16.8 Å². The lowest BCUT2D eigenvalue weighted by Crippen LogP contribution is -2.47. The van der Waals surface area contributed by atoms with E-state index in [2.05, 4.69) is 47.2 Å². The minimum atomic E-state index is -0.136. The number of hydrogen-bond donors (Lipinski definition) is 1. The van der Waals surface area contributed by atoms with Crippen LogP contribution in [-0.2, 0) is 11.3 Å². The van der Waals surface area contributed by atoms with E-state index < -0.39 is 0 Å². The molecule has 7 nitrogen and oxygen atoms in total. The van der Waals surface area contributed by atoms with Gasteiger partial charge in [-0.05, 0) is 61.4 Å². The third-order valence-corrected chi connectivity index (χ3v) is 7.19. The standard InChI is InChI=1S/C30H33N5O2/c1-22-12-13-25(20-23(22)2)34-18-16-33(17-19-34)15-14-29(36)31-21-28-32-27-11-7-6-10-26(27)30(37)35(28)24-8-4-3-5-9-24/h3-13,20H,14-19,21H2,1-2H3,(H,31,36). The van der Waals surface area contributed by atoms with Gasteiger partial charge in [0.25, 0.3) is 5.56 Å². The Balaban J connectivity index is 1.19. The molecule has 4 aromatic rings. The maximum absolute atomic E-state index is 13.3. The fourth-order valence-corrected chi connectivity index (χ4v) is 4.82. The average Bonchev–Trinajstić information content (AvgIpc) is 2.93. The summed E-state index contributed by atoms with van der Waals surface area (Å²) in [6, 6.07) is 23.4. The van der Waals surface area contributed by atoms with Gasteiger partial charge in [-0.25, -0.2) is 4.98 Å². The fraction of sp³-hybridized carbons (Fsp3) is 0.300. The van der Waals surface area contributed by atoms with Crippen LogP contribution in [0.4, 0.5) is 5.69 Å². The highest BCUT2D eigenvalue weighted by molar-refractivity contribution is 5.78. The summed E-state index contributed by atoms with van der Waals surface area (Å²) in [6.45, 7) is 8.96. The first kappa shape index (κ1) is 24.7. The number of para-hydroxylation sites is 2. The number of carbonyl (C=O) groups is 1. The lowest BCUT2D eigenvalue weighted by Gasteiger charge is -2.36. The second-order valence-electron chi connectivity index (χ2n) is 9.65. The molecular weight excluding hydrogens is 462 g/mol. The van der Waals surface area contributed by atoms with E-state index in [0.29, 0.717) is 29.7 Å². The molecule has 0 unspecified atom stereocenters. The van der Waals surface area contributed by atoms with E-state index in [1.807, 2.05) is 48.5 Å². The zero-order chi connectivity index (χ0) is 25.8. The summed E-state index contributed by atoms with van der Waals surface area (Å²) >= 11 is 0. The molecule has 1 aromatic heterocycles. The van der Waals surface area contributed by atoms with Crippen molar-refractivity contribution in [3.63, 3.8) is 0 Å². The summed E-state index contributed by atoms with van der Waals surface area (Å²) in [5.74, 6) is 0.476. The zero-order valence-electron chi connectivity index (χ0n) is 21.5. The molecule has 1 saturated heterocycles. The van der Waals surface area contributed by atoms with Gasteiger partial charge in [0, 0.05) is 44.8 Å². The molecule has 2 heterocycles. The minimum Gasteiger partial charge on any atom is -0.369 e. The summed E-state index contributed by atoms with van der Waals surface area (Å²) in [5, 5.41) is 3.55. The van der Waals surface area contributed by atoms with Crippen LogP contribution in [0, 0.1) is 13.8 Å². The van der Waals surface area contributed by atoms with Crippen molar-refractivity contribution in [1.29, 1.82) is 0 Å². The molecular formula is C30H33N5O2. The first-order chi connectivity index (χ1) is 18.0. The molecule has 1 aliphatic heterocycles. The fourth-order valence-electron chi connectivity index (χ4n) is 4.82. The van der Waals surface area contributed by atoms with Gasteiger partial charge in [-0.2, -0.15) is 0 Å². The van der Waals surface area contributed by atoms with Gasteiger partial charge < -0.3 is 10.2 Å². The number of aryl methyl sites for hydroxylation is 2. The van der Waals surface area contributed by atoms with Gasteiger partial charge >= 0.3 is 0 Å². The predicted octanol–water partition coefficient (Wildman–Crippen LogP) is 3.83. The maximum Gasteiger partial charge on any atom is 0.266 e. The molecule has 1 amide bonds. The number of rotatable bonds is 7. The first-order valence-electron chi connectivity index (χ1n) is 12.9. The first-order valence-corrected chi connectivity index (χ1v) is 12.9. The number of benzene rings is 3. The SMILES string of the molecule is Cc1ccc(N2CCN(CCC(=O)NCc3nc4ccccc4c(=O)n3-c3ccccc3)CC2)cc1C. The lowest BCUT2D eigenvalue weighted by atomic mass is 10.1. The van der Waals surface area contributed by atoms with Gasteiger partial charge in [0.15, 0.2) is 0 Å².